The second-order valence-corrected chi connectivity index (χ2v) is 3.87. The predicted octanol–water partition coefficient (Wildman–Crippen LogP) is 2.78. The molecule has 4 nitrogen and oxygen atoms in total. The lowest BCUT2D eigenvalue weighted by atomic mass is 9.92. The maximum absolute atomic E-state index is 12.9. The Hall–Kier alpha value is -1.49. The predicted molar refractivity (Wildman–Crippen MR) is 59.4 cm³/mol. The van der Waals surface area contributed by atoms with E-state index in [9.17, 15) is 14.5 Å². The highest BCUT2D eigenvalue weighted by Gasteiger charge is 2.23. The van der Waals surface area contributed by atoms with Crippen LogP contribution in [0, 0.1) is 21.8 Å². The molecule has 1 rings (SSSR count). The van der Waals surface area contributed by atoms with E-state index in [0.717, 1.165) is 12.5 Å². The molecule has 0 spiro atoms. The Balaban J connectivity index is 3.17. The molecule has 0 radical (unpaired) electrons. The number of rotatable bonds is 4. The van der Waals surface area contributed by atoms with E-state index in [0.29, 0.717) is 5.56 Å². The van der Waals surface area contributed by atoms with Gasteiger partial charge in [0.15, 0.2) is 0 Å². The van der Waals surface area contributed by atoms with E-state index in [4.69, 9.17) is 5.73 Å². The topological polar surface area (TPSA) is 69.2 Å². The second kappa shape index (κ2) is 5.03. The maximum Gasteiger partial charge on any atom is 0.277 e. The molecule has 0 aliphatic heterocycles. The van der Waals surface area contributed by atoms with Gasteiger partial charge in [0.25, 0.3) is 5.69 Å². The Bertz CT molecular complexity index is 396. The van der Waals surface area contributed by atoms with Crippen LogP contribution in [0.2, 0.25) is 0 Å². The number of hydrogen-bond acceptors (Lipinski definition) is 3. The average molecular weight is 226 g/mol. The van der Waals surface area contributed by atoms with Crippen LogP contribution in [0.3, 0.4) is 0 Å². The van der Waals surface area contributed by atoms with Crippen LogP contribution >= 0.6 is 0 Å². The molecule has 0 aliphatic carbocycles. The third-order valence-corrected chi connectivity index (χ3v) is 2.81. The van der Waals surface area contributed by atoms with Gasteiger partial charge in [0.05, 0.1) is 11.0 Å². The van der Waals surface area contributed by atoms with E-state index >= 15 is 0 Å². The minimum Gasteiger partial charge on any atom is -0.324 e. The van der Waals surface area contributed by atoms with Crippen molar-refractivity contribution >= 4 is 5.69 Å². The summed E-state index contributed by atoms with van der Waals surface area (Å²) in [6.45, 7) is 3.87. The summed E-state index contributed by atoms with van der Waals surface area (Å²) in [7, 11) is 0. The minimum atomic E-state index is -0.619. The van der Waals surface area contributed by atoms with Gasteiger partial charge in [0.1, 0.15) is 5.82 Å². The lowest BCUT2D eigenvalue weighted by Crippen LogP contribution is -2.19. The van der Waals surface area contributed by atoms with Gasteiger partial charge in [-0.3, -0.25) is 10.1 Å². The highest BCUT2D eigenvalue weighted by Crippen LogP contribution is 2.30. The normalized spacial score (nSPS) is 14.5. The fourth-order valence-electron chi connectivity index (χ4n) is 1.52. The first kappa shape index (κ1) is 12.6. The van der Waals surface area contributed by atoms with E-state index in [1.807, 2.05) is 13.8 Å². The fraction of sp³-hybridized carbons (Fsp3) is 0.455. The zero-order valence-corrected chi connectivity index (χ0v) is 9.31. The Morgan fingerprint density at radius 2 is 2.19 bits per heavy atom. The summed E-state index contributed by atoms with van der Waals surface area (Å²) >= 11 is 0. The van der Waals surface area contributed by atoms with Crippen LogP contribution in [0.1, 0.15) is 31.9 Å². The second-order valence-electron chi connectivity index (χ2n) is 3.87. The molecule has 0 fully saturated rings. The molecule has 16 heavy (non-hydrogen) atoms. The Kier molecular flexibility index (Phi) is 3.95. The first-order chi connectivity index (χ1) is 7.47. The standard InChI is InChI=1S/C11H15FN2O2/c1-3-7(2)11(13)9-5-4-8(12)6-10(9)14(15)16/h4-7,11H,3,13H2,1-2H3/t7?,11-/m0/s1. The summed E-state index contributed by atoms with van der Waals surface area (Å²) < 4.78 is 12.9. The van der Waals surface area contributed by atoms with E-state index in [1.54, 1.807) is 0 Å². The van der Waals surface area contributed by atoms with Crippen molar-refractivity contribution in [3.05, 3.63) is 39.7 Å². The molecule has 88 valence electrons. The summed E-state index contributed by atoms with van der Waals surface area (Å²) in [4.78, 5) is 10.2. The van der Waals surface area contributed by atoms with Gasteiger partial charge in [0, 0.05) is 11.6 Å². The third kappa shape index (κ3) is 2.55. The lowest BCUT2D eigenvalue weighted by molar-refractivity contribution is -0.386. The molecule has 0 saturated heterocycles. The van der Waals surface area contributed by atoms with Crippen molar-refractivity contribution in [1.82, 2.24) is 0 Å². The van der Waals surface area contributed by atoms with Crippen LogP contribution in [-0.4, -0.2) is 4.92 Å². The van der Waals surface area contributed by atoms with Crippen LogP contribution in [0.4, 0.5) is 10.1 Å². The molecule has 0 bridgehead atoms. The van der Waals surface area contributed by atoms with Gasteiger partial charge in [-0.05, 0) is 18.1 Å². The molecule has 2 atom stereocenters. The van der Waals surface area contributed by atoms with Crippen molar-refractivity contribution in [1.29, 1.82) is 0 Å². The largest absolute Gasteiger partial charge is 0.324 e. The molecule has 2 N–H and O–H groups in total. The molecule has 0 aromatic heterocycles. The van der Waals surface area contributed by atoms with Gasteiger partial charge in [-0.25, -0.2) is 4.39 Å². The molecule has 1 unspecified atom stereocenters. The van der Waals surface area contributed by atoms with Crippen molar-refractivity contribution in [2.45, 2.75) is 26.3 Å². The van der Waals surface area contributed by atoms with Gasteiger partial charge in [-0.1, -0.05) is 20.3 Å². The zero-order valence-electron chi connectivity index (χ0n) is 9.31. The Morgan fingerprint density at radius 3 is 2.69 bits per heavy atom. The van der Waals surface area contributed by atoms with Crippen LogP contribution < -0.4 is 5.73 Å². The van der Waals surface area contributed by atoms with Crippen LogP contribution in [0.5, 0.6) is 0 Å². The van der Waals surface area contributed by atoms with Crippen molar-refractivity contribution in [2.75, 3.05) is 0 Å². The third-order valence-electron chi connectivity index (χ3n) is 2.81. The first-order valence-electron chi connectivity index (χ1n) is 5.16. The Labute approximate surface area is 93.4 Å². The summed E-state index contributed by atoms with van der Waals surface area (Å²) in [5, 5.41) is 10.8. The van der Waals surface area contributed by atoms with Gasteiger partial charge >= 0.3 is 0 Å². The van der Waals surface area contributed by atoms with Crippen molar-refractivity contribution in [3.63, 3.8) is 0 Å². The summed E-state index contributed by atoms with van der Waals surface area (Å²) in [6, 6.07) is 3.07. The number of halogens is 1. The fourth-order valence-corrected chi connectivity index (χ4v) is 1.52. The van der Waals surface area contributed by atoms with Gasteiger partial charge in [-0.2, -0.15) is 0 Å². The lowest BCUT2D eigenvalue weighted by Gasteiger charge is -2.18. The number of nitro benzene ring substituents is 1. The van der Waals surface area contributed by atoms with E-state index in [2.05, 4.69) is 0 Å². The number of nitro groups is 1. The molecule has 0 amide bonds. The monoisotopic (exact) mass is 226 g/mol. The molecular weight excluding hydrogens is 211 g/mol. The summed E-state index contributed by atoms with van der Waals surface area (Å²) in [6.07, 6.45) is 0.815. The molecule has 5 heteroatoms. The van der Waals surface area contributed by atoms with Crippen LogP contribution in [0.25, 0.3) is 0 Å². The van der Waals surface area contributed by atoms with E-state index < -0.39 is 16.8 Å². The number of nitrogens with zero attached hydrogens (tertiary/aromatic N) is 1. The SMILES string of the molecule is CCC(C)[C@H](N)c1ccc(F)cc1[N+](=O)[O-]. The number of benzene rings is 1. The molecule has 0 aliphatic rings. The quantitative estimate of drug-likeness (QED) is 0.634. The van der Waals surface area contributed by atoms with Crippen molar-refractivity contribution < 1.29 is 9.31 Å². The molecule has 1 aromatic carbocycles. The molecular formula is C11H15FN2O2. The zero-order chi connectivity index (χ0) is 12.3. The van der Waals surface area contributed by atoms with Crippen molar-refractivity contribution in [2.24, 2.45) is 11.7 Å². The average Bonchev–Trinajstić information content (AvgIpc) is 2.26. The molecule has 0 saturated carbocycles. The van der Waals surface area contributed by atoms with Gasteiger partial charge < -0.3 is 5.73 Å². The Morgan fingerprint density at radius 1 is 1.56 bits per heavy atom. The summed E-state index contributed by atoms with van der Waals surface area (Å²) in [5.41, 5.74) is 6.06. The number of nitrogens with two attached hydrogens (primary N) is 1. The minimum absolute atomic E-state index is 0.115. The van der Waals surface area contributed by atoms with Crippen LogP contribution in [0.15, 0.2) is 18.2 Å². The van der Waals surface area contributed by atoms with Gasteiger partial charge in [-0.15, -0.1) is 0 Å². The van der Waals surface area contributed by atoms with E-state index in [1.165, 1.54) is 12.1 Å². The van der Waals surface area contributed by atoms with Crippen LogP contribution in [-0.2, 0) is 0 Å². The van der Waals surface area contributed by atoms with Crippen molar-refractivity contribution in [3.8, 4) is 0 Å². The molecule has 0 heterocycles. The van der Waals surface area contributed by atoms with Gasteiger partial charge in [0.2, 0.25) is 0 Å². The smallest absolute Gasteiger partial charge is 0.277 e. The molecule has 1 aromatic rings. The van der Waals surface area contributed by atoms with E-state index in [-0.39, 0.29) is 11.6 Å². The highest BCUT2D eigenvalue weighted by atomic mass is 19.1. The number of hydrogen-bond donors (Lipinski definition) is 1. The highest BCUT2D eigenvalue weighted by molar-refractivity contribution is 5.42. The maximum atomic E-state index is 12.9. The summed E-state index contributed by atoms with van der Waals surface area (Å²) in [5.74, 6) is -0.504. The first-order valence-corrected chi connectivity index (χ1v) is 5.16.